The van der Waals surface area contributed by atoms with Crippen molar-refractivity contribution in [3.63, 3.8) is 0 Å². The van der Waals surface area contributed by atoms with Crippen LogP contribution in [0.2, 0.25) is 0 Å². The summed E-state index contributed by atoms with van der Waals surface area (Å²) < 4.78 is 32.5. The zero-order valence-corrected chi connectivity index (χ0v) is 32.4. The van der Waals surface area contributed by atoms with Crippen LogP contribution in [0.15, 0.2) is 12.2 Å². The quantitative estimate of drug-likeness (QED) is 0.0240. The number of nitrogens with two attached hydrogens (primary N) is 1. The third-order valence-corrected chi connectivity index (χ3v) is 9.48. The number of phosphoric ester groups is 1. The first kappa shape index (κ1) is 48.2. The van der Waals surface area contributed by atoms with Gasteiger partial charge in [0, 0.05) is 12.8 Å². The monoisotopic (exact) mass is 733 g/mol. The Kier molecular flexibility index (Phi) is 33.1. The lowest BCUT2D eigenvalue weighted by atomic mass is 10.1. The van der Waals surface area contributed by atoms with Gasteiger partial charge in [0.1, 0.15) is 12.6 Å². The van der Waals surface area contributed by atoms with Crippen molar-refractivity contribution in [3.8, 4) is 0 Å². The molecule has 0 saturated carbocycles. The minimum absolute atomic E-state index is 0.143. The molecule has 0 fully saturated rings. The smallest absolute Gasteiger partial charge is 0.472 e. The van der Waals surface area contributed by atoms with Crippen molar-refractivity contribution in [3.05, 3.63) is 12.2 Å². The Morgan fingerprint density at radius 2 is 1.04 bits per heavy atom. The van der Waals surface area contributed by atoms with Crippen LogP contribution in [-0.2, 0) is 37.5 Å². The molecule has 0 rings (SSSR count). The van der Waals surface area contributed by atoms with Crippen LogP contribution in [0, 0.1) is 0 Å². The van der Waals surface area contributed by atoms with Crippen molar-refractivity contribution in [2.24, 2.45) is 5.73 Å². The van der Waals surface area contributed by atoms with Crippen LogP contribution in [0.4, 0.5) is 0 Å². The number of phosphoric acid groups is 1. The summed E-state index contributed by atoms with van der Waals surface area (Å²) in [6.07, 6.45) is 31.5. The second-order valence-corrected chi connectivity index (χ2v) is 14.9. The van der Waals surface area contributed by atoms with Gasteiger partial charge in [-0.1, -0.05) is 154 Å². The van der Waals surface area contributed by atoms with E-state index < -0.39 is 51.1 Å². The maximum Gasteiger partial charge on any atom is 0.472 e. The van der Waals surface area contributed by atoms with E-state index in [1.165, 1.54) is 109 Å². The molecule has 4 N–H and O–H groups in total. The molecule has 0 aliphatic heterocycles. The molecule has 0 amide bonds. The summed E-state index contributed by atoms with van der Waals surface area (Å²) in [4.78, 5) is 45.7. The van der Waals surface area contributed by atoms with E-state index in [1.807, 2.05) is 6.08 Å². The Labute approximate surface area is 303 Å². The van der Waals surface area contributed by atoms with Crippen molar-refractivity contribution < 1.29 is 47.5 Å². The molecule has 0 radical (unpaired) electrons. The van der Waals surface area contributed by atoms with Crippen molar-refractivity contribution in [2.75, 3.05) is 19.8 Å². The number of allylic oxidation sites excluding steroid dienone is 2. The first-order chi connectivity index (χ1) is 24.1. The number of carboxylic acid groups (broad SMARTS) is 1. The van der Waals surface area contributed by atoms with E-state index >= 15 is 0 Å². The first-order valence-corrected chi connectivity index (χ1v) is 21.2. The Morgan fingerprint density at radius 3 is 1.54 bits per heavy atom. The molecule has 12 heteroatoms. The van der Waals surface area contributed by atoms with Gasteiger partial charge in [0.05, 0.1) is 13.2 Å². The molecule has 294 valence electrons. The Bertz CT molecular complexity index is 916. The molecule has 0 spiro atoms. The molecule has 50 heavy (non-hydrogen) atoms. The number of carboxylic acids is 1. The summed E-state index contributed by atoms with van der Waals surface area (Å²) in [5.41, 5.74) is 5.31. The number of carbonyl (C=O) groups is 3. The third-order valence-electron chi connectivity index (χ3n) is 8.53. The molecule has 0 aliphatic rings. The average molecular weight is 734 g/mol. The lowest BCUT2D eigenvalue weighted by Crippen LogP contribution is -2.34. The second-order valence-electron chi connectivity index (χ2n) is 13.4. The van der Waals surface area contributed by atoms with E-state index in [0.29, 0.717) is 12.8 Å². The highest BCUT2D eigenvalue weighted by Gasteiger charge is 2.28. The van der Waals surface area contributed by atoms with E-state index in [1.54, 1.807) is 0 Å². The van der Waals surface area contributed by atoms with Crippen molar-refractivity contribution in [1.82, 2.24) is 0 Å². The highest BCUT2D eigenvalue weighted by Crippen LogP contribution is 2.43. The van der Waals surface area contributed by atoms with Crippen molar-refractivity contribution in [1.29, 1.82) is 0 Å². The van der Waals surface area contributed by atoms with E-state index in [-0.39, 0.29) is 19.4 Å². The number of aliphatic carboxylic acids is 1. The summed E-state index contributed by atoms with van der Waals surface area (Å²) in [6, 6.07) is -1.52. The maximum absolute atomic E-state index is 12.5. The van der Waals surface area contributed by atoms with Crippen LogP contribution in [0.25, 0.3) is 0 Å². The van der Waals surface area contributed by atoms with Gasteiger partial charge in [-0.05, 0) is 25.7 Å². The predicted octanol–water partition coefficient (Wildman–Crippen LogP) is 9.73. The van der Waals surface area contributed by atoms with Crippen LogP contribution < -0.4 is 5.73 Å². The SMILES string of the molecule is CCCCCCCCCCCCC/C=C/CCC(=O)OC[C@H](COP(=O)(O)OC[C@H](N)C(=O)O)OC(=O)CCCCCCCCCCCCC. The molecule has 0 saturated heterocycles. The second kappa shape index (κ2) is 34.3. The molecule has 0 bridgehead atoms. The molecule has 0 aromatic heterocycles. The fourth-order valence-electron chi connectivity index (χ4n) is 5.38. The molecule has 3 atom stereocenters. The lowest BCUT2D eigenvalue weighted by molar-refractivity contribution is -0.161. The Morgan fingerprint density at radius 1 is 0.600 bits per heavy atom. The van der Waals surface area contributed by atoms with Crippen LogP contribution in [0.5, 0.6) is 0 Å². The normalized spacial score (nSPS) is 14.0. The van der Waals surface area contributed by atoms with Gasteiger partial charge in [0.25, 0.3) is 0 Å². The molecule has 0 aromatic rings. The number of ether oxygens (including phenoxy) is 2. The van der Waals surface area contributed by atoms with Crippen LogP contribution in [0.3, 0.4) is 0 Å². The maximum atomic E-state index is 12.5. The topological polar surface area (TPSA) is 172 Å². The predicted molar refractivity (Wildman–Crippen MR) is 199 cm³/mol. The van der Waals surface area contributed by atoms with E-state index in [9.17, 15) is 23.8 Å². The number of esters is 2. The van der Waals surface area contributed by atoms with Gasteiger partial charge in [-0.2, -0.15) is 0 Å². The van der Waals surface area contributed by atoms with Crippen LogP contribution in [0.1, 0.15) is 181 Å². The zero-order chi connectivity index (χ0) is 37.1. The molecule has 0 aliphatic carbocycles. The Balaban J connectivity index is 4.43. The number of unbranched alkanes of at least 4 members (excludes halogenated alkanes) is 21. The lowest BCUT2D eigenvalue weighted by Gasteiger charge is -2.20. The number of hydrogen-bond donors (Lipinski definition) is 3. The summed E-state index contributed by atoms with van der Waals surface area (Å²) in [5.74, 6) is -2.43. The van der Waals surface area contributed by atoms with Gasteiger partial charge in [-0.25, -0.2) is 4.57 Å². The highest BCUT2D eigenvalue weighted by atomic mass is 31.2. The zero-order valence-electron chi connectivity index (χ0n) is 31.5. The van der Waals surface area contributed by atoms with Gasteiger partial charge in [-0.15, -0.1) is 0 Å². The van der Waals surface area contributed by atoms with Gasteiger partial charge in [0.15, 0.2) is 6.10 Å². The van der Waals surface area contributed by atoms with Crippen LogP contribution >= 0.6 is 7.82 Å². The molecule has 1 unspecified atom stereocenters. The van der Waals surface area contributed by atoms with Crippen molar-refractivity contribution in [2.45, 2.75) is 193 Å². The van der Waals surface area contributed by atoms with Gasteiger partial charge in [-0.3, -0.25) is 23.4 Å². The fraction of sp³-hybridized carbons (Fsp3) is 0.868. The van der Waals surface area contributed by atoms with Crippen molar-refractivity contribution >= 4 is 25.7 Å². The molecule has 0 aromatic carbocycles. The Hall–Kier alpha value is -1.78. The largest absolute Gasteiger partial charge is 0.480 e. The van der Waals surface area contributed by atoms with Gasteiger partial charge >= 0.3 is 25.7 Å². The highest BCUT2D eigenvalue weighted by molar-refractivity contribution is 7.47. The third kappa shape index (κ3) is 33.4. The van der Waals surface area contributed by atoms with E-state index in [4.69, 9.17) is 24.8 Å². The number of rotatable bonds is 37. The standard InChI is InChI=1S/C38H72NO10P/c1-3-5-7-9-11-13-15-16-17-18-20-21-23-25-27-29-36(40)46-31-34(32-47-50(44,45)48-33-35(39)38(42)43)49-37(41)30-28-26-24-22-19-14-12-10-8-6-4-2/h23,25,34-35H,3-22,24,26-33,39H2,1-2H3,(H,42,43)(H,44,45)/b25-23+/t34-,35+/m1/s1. The fourth-order valence-corrected chi connectivity index (χ4v) is 6.15. The summed E-state index contributed by atoms with van der Waals surface area (Å²) in [5, 5.41) is 8.85. The van der Waals surface area contributed by atoms with Crippen LogP contribution in [-0.4, -0.2) is 59.9 Å². The molecular weight excluding hydrogens is 661 g/mol. The van der Waals surface area contributed by atoms with E-state index in [2.05, 4.69) is 24.4 Å². The minimum atomic E-state index is -4.71. The summed E-state index contributed by atoms with van der Waals surface area (Å²) in [6.45, 7) is 2.75. The average Bonchev–Trinajstić information content (AvgIpc) is 3.09. The minimum Gasteiger partial charge on any atom is -0.480 e. The number of carbonyl (C=O) groups excluding carboxylic acids is 2. The summed E-state index contributed by atoms with van der Waals surface area (Å²) in [7, 11) is -4.71. The molecule has 11 nitrogen and oxygen atoms in total. The molecular formula is C38H72NO10P. The number of hydrogen-bond acceptors (Lipinski definition) is 9. The molecule has 0 heterocycles. The summed E-state index contributed by atoms with van der Waals surface area (Å²) >= 11 is 0. The first-order valence-electron chi connectivity index (χ1n) is 19.7. The van der Waals surface area contributed by atoms with Gasteiger partial charge in [0.2, 0.25) is 0 Å². The van der Waals surface area contributed by atoms with Gasteiger partial charge < -0.3 is 25.2 Å². The van der Waals surface area contributed by atoms with E-state index in [0.717, 1.165) is 32.1 Å².